The average molecular weight is 445 g/mol. The van der Waals surface area contributed by atoms with Gasteiger partial charge in [0.2, 0.25) is 0 Å². The van der Waals surface area contributed by atoms with Gasteiger partial charge in [0.05, 0.1) is 19.8 Å². The van der Waals surface area contributed by atoms with Gasteiger partial charge in [0.1, 0.15) is 0 Å². The van der Waals surface area contributed by atoms with Crippen LogP contribution in [-0.4, -0.2) is 42.2 Å². The fourth-order valence-corrected chi connectivity index (χ4v) is 3.98. The summed E-state index contributed by atoms with van der Waals surface area (Å²) in [4.78, 5) is 11.8. The van der Waals surface area contributed by atoms with Gasteiger partial charge in [-0.3, -0.25) is 0 Å². The van der Waals surface area contributed by atoms with E-state index in [4.69, 9.17) is 18.6 Å². The maximum absolute atomic E-state index is 11.8. The van der Waals surface area contributed by atoms with E-state index in [2.05, 4.69) is 27.4 Å². The number of carbonyl (C=O) groups excluding carboxylic acids is 1. The Morgan fingerprint density at radius 1 is 0.833 bits per heavy atom. The molecule has 0 aromatic rings. The molecule has 6 heteroatoms. The van der Waals surface area contributed by atoms with E-state index in [-0.39, 0.29) is 11.9 Å². The van der Waals surface area contributed by atoms with Gasteiger partial charge in [-0.2, -0.15) is 0 Å². The standard InChI is InChI=1S/C24H48O5Si/c1-6-9-12-14-18-27-24(29-30,28-19-15-13-10-7-2)22(16-11-8-3)17-20-26-23(25)21(4)5/h22H,4,6-20H2,1-3,5,30H3. The van der Waals surface area contributed by atoms with Gasteiger partial charge in [-0.05, 0) is 32.6 Å². The van der Waals surface area contributed by atoms with Gasteiger partial charge in [0, 0.05) is 11.5 Å². The molecular formula is C24H48O5Si. The summed E-state index contributed by atoms with van der Waals surface area (Å²) in [5, 5.41) is 0. The van der Waals surface area contributed by atoms with Crippen molar-refractivity contribution in [2.24, 2.45) is 5.92 Å². The van der Waals surface area contributed by atoms with Crippen LogP contribution in [0.2, 0.25) is 0 Å². The summed E-state index contributed by atoms with van der Waals surface area (Å²) in [7, 11) is 0.523. The lowest BCUT2D eigenvalue weighted by Crippen LogP contribution is -2.47. The molecule has 0 saturated heterocycles. The summed E-state index contributed by atoms with van der Waals surface area (Å²) >= 11 is 0. The van der Waals surface area contributed by atoms with Crippen molar-refractivity contribution >= 4 is 16.5 Å². The van der Waals surface area contributed by atoms with Crippen LogP contribution in [0.5, 0.6) is 0 Å². The summed E-state index contributed by atoms with van der Waals surface area (Å²) in [6.45, 7) is 13.5. The fourth-order valence-electron chi connectivity index (χ4n) is 3.41. The van der Waals surface area contributed by atoms with Crippen molar-refractivity contribution in [3.63, 3.8) is 0 Å². The first-order valence-electron chi connectivity index (χ1n) is 12.1. The number of ether oxygens (including phenoxy) is 3. The molecule has 5 nitrogen and oxygen atoms in total. The Bertz CT molecular complexity index is 427. The van der Waals surface area contributed by atoms with Gasteiger partial charge in [-0.1, -0.05) is 78.7 Å². The molecule has 0 amide bonds. The Labute approximate surface area is 188 Å². The van der Waals surface area contributed by atoms with Gasteiger partial charge >= 0.3 is 5.97 Å². The molecule has 30 heavy (non-hydrogen) atoms. The van der Waals surface area contributed by atoms with Crippen LogP contribution < -0.4 is 0 Å². The molecule has 0 aromatic carbocycles. The second-order valence-electron chi connectivity index (χ2n) is 8.17. The van der Waals surface area contributed by atoms with E-state index in [1.807, 2.05) is 0 Å². The molecule has 0 radical (unpaired) electrons. The fraction of sp³-hybridized carbons (Fsp3) is 0.875. The van der Waals surface area contributed by atoms with Gasteiger partial charge in [-0.15, -0.1) is 0 Å². The van der Waals surface area contributed by atoms with Crippen LogP contribution in [0, 0.1) is 5.92 Å². The number of hydrogen-bond donors (Lipinski definition) is 0. The number of hydrogen-bond acceptors (Lipinski definition) is 5. The molecule has 0 rings (SSSR count). The normalized spacial score (nSPS) is 12.8. The molecule has 1 unspecified atom stereocenters. The zero-order chi connectivity index (χ0) is 22.7. The van der Waals surface area contributed by atoms with E-state index < -0.39 is 5.97 Å². The third-order valence-corrected chi connectivity index (χ3v) is 5.91. The second-order valence-corrected chi connectivity index (χ2v) is 8.58. The lowest BCUT2D eigenvalue weighted by molar-refractivity contribution is -0.373. The van der Waals surface area contributed by atoms with Gasteiger partial charge in [0.15, 0.2) is 10.5 Å². The molecule has 0 fully saturated rings. The molecule has 0 saturated carbocycles. The third-order valence-electron chi connectivity index (χ3n) is 5.34. The van der Waals surface area contributed by atoms with Crippen LogP contribution in [0.3, 0.4) is 0 Å². The average Bonchev–Trinajstić information content (AvgIpc) is 2.74. The minimum Gasteiger partial charge on any atom is -0.462 e. The van der Waals surface area contributed by atoms with Crippen molar-refractivity contribution < 1.29 is 23.4 Å². The van der Waals surface area contributed by atoms with Crippen molar-refractivity contribution in [3.8, 4) is 0 Å². The maximum Gasteiger partial charge on any atom is 0.333 e. The van der Waals surface area contributed by atoms with E-state index in [1.54, 1.807) is 6.92 Å². The zero-order valence-electron chi connectivity index (χ0n) is 20.4. The molecule has 1 atom stereocenters. The van der Waals surface area contributed by atoms with Crippen LogP contribution in [0.4, 0.5) is 0 Å². The van der Waals surface area contributed by atoms with Crippen LogP contribution in [0.15, 0.2) is 12.2 Å². The van der Waals surface area contributed by atoms with Crippen LogP contribution in [-0.2, 0) is 23.4 Å². The number of esters is 1. The van der Waals surface area contributed by atoms with Gasteiger partial charge in [0.25, 0.3) is 5.97 Å². The molecule has 0 heterocycles. The molecular weight excluding hydrogens is 396 g/mol. The highest BCUT2D eigenvalue weighted by atomic mass is 28.2. The topological polar surface area (TPSA) is 54.0 Å². The lowest BCUT2D eigenvalue weighted by atomic mass is 9.95. The van der Waals surface area contributed by atoms with E-state index in [9.17, 15) is 4.79 Å². The van der Waals surface area contributed by atoms with Gasteiger partial charge in [-0.25, -0.2) is 4.79 Å². The van der Waals surface area contributed by atoms with Crippen LogP contribution in [0.1, 0.15) is 105 Å². The number of rotatable bonds is 21. The summed E-state index contributed by atoms with van der Waals surface area (Å²) < 4.78 is 24.1. The Hall–Kier alpha value is -0.693. The monoisotopic (exact) mass is 444 g/mol. The van der Waals surface area contributed by atoms with E-state index in [1.165, 1.54) is 25.7 Å². The highest BCUT2D eigenvalue weighted by Crippen LogP contribution is 2.33. The molecule has 178 valence electrons. The highest BCUT2D eigenvalue weighted by Gasteiger charge is 2.41. The molecule has 0 bridgehead atoms. The minimum absolute atomic E-state index is 0.0326. The maximum atomic E-state index is 11.8. The predicted octanol–water partition coefficient (Wildman–Crippen LogP) is 5.45. The SMILES string of the molecule is C=C(C)C(=O)OCCC(CCCC)C(O[SiH3])(OCCCCCC)OCCCCCC. The Morgan fingerprint density at radius 3 is 1.80 bits per heavy atom. The van der Waals surface area contributed by atoms with Crippen LogP contribution in [0.25, 0.3) is 0 Å². The summed E-state index contributed by atoms with van der Waals surface area (Å²) in [5.41, 5.74) is 0.421. The summed E-state index contributed by atoms with van der Waals surface area (Å²) in [5.74, 6) is -1.33. The zero-order valence-corrected chi connectivity index (χ0v) is 22.4. The molecule has 0 N–H and O–H groups in total. The van der Waals surface area contributed by atoms with Crippen molar-refractivity contribution in [3.05, 3.63) is 12.2 Å². The summed E-state index contributed by atoms with van der Waals surface area (Å²) in [6, 6.07) is 0. The smallest absolute Gasteiger partial charge is 0.333 e. The third kappa shape index (κ3) is 12.9. The molecule has 0 spiro atoms. The highest BCUT2D eigenvalue weighted by molar-refractivity contribution is 5.98. The molecule has 0 aliphatic rings. The van der Waals surface area contributed by atoms with Crippen molar-refractivity contribution in [1.29, 1.82) is 0 Å². The minimum atomic E-state index is -1.02. The first-order valence-corrected chi connectivity index (χ1v) is 12.9. The quantitative estimate of drug-likeness (QED) is 0.0775. The second kappa shape index (κ2) is 19.0. The first-order chi connectivity index (χ1) is 14.5. The van der Waals surface area contributed by atoms with E-state index >= 15 is 0 Å². The van der Waals surface area contributed by atoms with E-state index in [0.717, 1.165) is 44.9 Å². The summed E-state index contributed by atoms with van der Waals surface area (Å²) in [6.07, 6.45) is 12.9. The molecule has 0 aliphatic carbocycles. The van der Waals surface area contributed by atoms with Gasteiger partial charge < -0.3 is 18.6 Å². The number of carbonyl (C=O) groups is 1. The first kappa shape index (κ1) is 29.3. The molecule has 0 aromatic heterocycles. The molecule has 0 aliphatic heterocycles. The largest absolute Gasteiger partial charge is 0.462 e. The van der Waals surface area contributed by atoms with Crippen LogP contribution >= 0.6 is 0 Å². The predicted molar refractivity (Wildman–Crippen MR) is 127 cm³/mol. The Kier molecular flexibility index (Phi) is 18.6. The lowest BCUT2D eigenvalue weighted by Gasteiger charge is -2.39. The van der Waals surface area contributed by atoms with Crippen molar-refractivity contribution in [2.45, 2.75) is 111 Å². The Balaban J connectivity index is 5.14. The van der Waals surface area contributed by atoms with E-state index in [0.29, 0.717) is 42.3 Å². The Morgan fingerprint density at radius 2 is 1.37 bits per heavy atom. The number of unbranched alkanes of at least 4 members (excludes halogenated alkanes) is 7. The van der Waals surface area contributed by atoms with Crippen molar-refractivity contribution in [1.82, 2.24) is 0 Å². The van der Waals surface area contributed by atoms with Crippen molar-refractivity contribution in [2.75, 3.05) is 19.8 Å².